The van der Waals surface area contributed by atoms with E-state index < -0.39 is 0 Å². The zero-order valence-electron chi connectivity index (χ0n) is 10.4. The molecule has 16 heavy (non-hydrogen) atoms. The molecule has 1 aliphatic rings. The molecule has 0 atom stereocenters. The molecule has 3 nitrogen and oxygen atoms in total. The van der Waals surface area contributed by atoms with Crippen molar-refractivity contribution >= 4 is 11.4 Å². The summed E-state index contributed by atoms with van der Waals surface area (Å²) in [4.78, 5) is 2.41. The summed E-state index contributed by atoms with van der Waals surface area (Å²) < 4.78 is 0. The third kappa shape index (κ3) is 2.00. The largest absolute Gasteiger partial charge is 0.377 e. The summed E-state index contributed by atoms with van der Waals surface area (Å²) in [6.45, 7) is 9.33. The third-order valence-corrected chi connectivity index (χ3v) is 3.08. The van der Waals surface area contributed by atoms with Gasteiger partial charge in [0.2, 0.25) is 0 Å². The minimum atomic E-state index is 0.132. The summed E-state index contributed by atoms with van der Waals surface area (Å²) in [7, 11) is 0. The van der Waals surface area contributed by atoms with Gasteiger partial charge in [-0.3, -0.25) is 0 Å². The van der Waals surface area contributed by atoms with Crippen LogP contribution in [0, 0.1) is 0 Å². The van der Waals surface area contributed by atoms with Gasteiger partial charge in [0.05, 0.1) is 11.4 Å². The molecule has 0 unspecified atom stereocenters. The van der Waals surface area contributed by atoms with Crippen molar-refractivity contribution in [2.24, 2.45) is 5.73 Å². The minimum Gasteiger partial charge on any atom is -0.377 e. The standard InChI is InChI=1S/C13H21N3/c1-4-16-9-13(2,3)15-11-6-5-10(8-14)7-12(11)16/h5-7,15H,4,8-9,14H2,1-3H3. The van der Waals surface area contributed by atoms with Crippen LogP contribution in [0.3, 0.4) is 0 Å². The molecule has 3 heteroatoms. The lowest BCUT2D eigenvalue weighted by Crippen LogP contribution is -2.48. The van der Waals surface area contributed by atoms with Gasteiger partial charge in [0, 0.05) is 25.2 Å². The Hall–Kier alpha value is -1.22. The third-order valence-electron chi connectivity index (χ3n) is 3.08. The number of nitrogens with zero attached hydrogens (tertiary/aromatic N) is 1. The number of fused-ring (bicyclic) bond motifs is 1. The van der Waals surface area contributed by atoms with E-state index in [4.69, 9.17) is 5.73 Å². The molecule has 0 saturated carbocycles. The Kier molecular flexibility index (Phi) is 2.80. The van der Waals surface area contributed by atoms with Crippen LogP contribution in [0.4, 0.5) is 11.4 Å². The molecule has 0 bridgehead atoms. The average Bonchev–Trinajstić information content (AvgIpc) is 2.26. The highest BCUT2D eigenvalue weighted by Crippen LogP contribution is 2.34. The zero-order valence-corrected chi connectivity index (χ0v) is 10.4. The predicted octanol–water partition coefficient (Wildman–Crippen LogP) is 2.18. The monoisotopic (exact) mass is 219 g/mol. The van der Waals surface area contributed by atoms with Crippen LogP contribution in [0.1, 0.15) is 26.3 Å². The number of benzene rings is 1. The molecule has 1 heterocycles. The van der Waals surface area contributed by atoms with Crippen molar-refractivity contribution in [2.75, 3.05) is 23.3 Å². The fourth-order valence-corrected chi connectivity index (χ4v) is 2.32. The van der Waals surface area contributed by atoms with Crippen LogP contribution < -0.4 is 16.0 Å². The van der Waals surface area contributed by atoms with Crippen molar-refractivity contribution in [1.29, 1.82) is 0 Å². The molecule has 0 aliphatic carbocycles. The van der Waals surface area contributed by atoms with E-state index in [2.05, 4.69) is 49.2 Å². The van der Waals surface area contributed by atoms with E-state index >= 15 is 0 Å². The van der Waals surface area contributed by atoms with Gasteiger partial charge in [0.1, 0.15) is 0 Å². The van der Waals surface area contributed by atoms with E-state index in [0.717, 1.165) is 13.1 Å². The lowest BCUT2D eigenvalue weighted by Gasteiger charge is -2.42. The molecule has 0 amide bonds. The fraction of sp³-hybridized carbons (Fsp3) is 0.538. The second kappa shape index (κ2) is 3.98. The summed E-state index contributed by atoms with van der Waals surface area (Å²) in [6.07, 6.45) is 0. The van der Waals surface area contributed by atoms with Crippen molar-refractivity contribution in [3.8, 4) is 0 Å². The van der Waals surface area contributed by atoms with Crippen LogP contribution in [0.15, 0.2) is 18.2 Å². The average molecular weight is 219 g/mol. The molecule has 0 spiro atoms. The van der Waals surface area contributed by atoms with E-state index in [1.54, 1.807) is 0 Å². The summed E-state index contributed by atoms with van der Waals surface area (Å²) in [5.41, 5.74) is 9.51. The van der Waals surface area contributed by atoms with Gasteiger partial charge in [-0.2, -0.15) is 0 Å². The zero-order chi connectivity index (χ0) is 11.8. The summed E-state index contributed by atoms with van der Waals surface area (Å²) >= 11 is 0. The maximum Gasteiger partial charge on any atom is 0.0606 e. The van der Waals surface area contributed by atoms with E-state index in [1.807, 2.05) is 0 Å². The Balaban J connectivity index is 2.42. The Bertz CT molecular complexity index is 385. The van der Waals surface area contributed by atoms with E-state index in [0.29, 0.717) is 6.54 Å². The summed E-state index contributed by atoms with van der Waals surface area (Å²) in [5.74, 6) is 0. The Morgan fingerprint density at radius 1 is 1.44 bits per heavy atom. The topological polar surface area (TPSA) is 41.3 Å². The molecule has 0 aromatic heterocycles. The highest BCUT2D eigenvalue weighted by Gasteiger charge is 2.28. The van der Waals surface area contributed by atoms with E-state index in [1.165, 1.54) is 16.9 Å². The van der Waals surface area contributed by atoms with Crippen LogP contribution in [-0.4, -0.2) is 18.6 Å². The van der Waals surface area contributed by atoms with Gasteiger partial charge in [-0.25, -0.2) is 0 Å². The number of hydrogen-bond acceptors (Lipinski definition) is 3. The number of anilines is 2. The Labute approximate surface area is 97.6 Å². The number of likely N-dealkylation sites (N-methyl/N-ethyl adjacent to an activating group) is 1. The van der Waals surface area contributed by atoms with Gasteiger partial charge >= 0.3 is 0 Å². The molecule has 0 fully saturated rings. The minimum absolute atomic E-state index is 0.132. The molecule has 0 radical (unpaired) electrons. The molecule has 2 rings (SSSR count). The quantitative estimate of drug-likeness (QED) is 0.801. The summed E-state index contributed by atoms with van der Waals surface area (Å²) in [5, 5.41) is 3.57. The van der Waals surface area contributed by atoms with Gasteiger partial charge in [0.25, 0.3) is 0 Å². The van der Waals surface area contributed by atoms with Crippen molar-refractivity contribution in [1.82, 2.24) is 0 Å². The van der Waals surface area contributed by atoms with Gasteiger partial charge in [-0.05, 0) is 38.5 Å². The lowest BCUT2D eigenvalue weighted by molar-refractivity contribution is 0.537. The smallest absolute Gasteiger partial charge is 0.0606 e. The molecule has 1 aliphatic heterocycles. The lowest BCUT2D eigenvalue weighted by atomic mass is 9.98. The van der Waals surface area contributed by atoms with Crippen LogP contribution in [0.2, 0.25) is 0 Å². The first-order chi connectivity index (χ1) is 7.55. The second-order valence-corrected chi connectivity index (χ2v) is 5.08. The predicted molar refractivity (Wildman–Crippen MR) is 69.9 cm³/mol. The van der Waals surface area contributed by atoms with Gasteiger partial charge in [-0.1, -0.05) is 6.07 Å². The summed E-state index contributed by atoms with van der Waals surface area (Å²) in [6, 6.07) is 6.43. The normalized spacial score (nSPS) is 17.9. The molecule has 88 valence electrons. The second-order valence-electron chi connectivity index (χ2n) is 5.08. The van der Waals surface area contributed by atoms with Crippen LogP contribution in [0.25, 0.3) is 0 Å². The maximum atomic E-state index is 5.68. The van der Waals surface area contributed by atoms with Gasteiger partial charge in [0.15, 0.2) is 0 Å². The molecule has 1 aromatic carbocycles. The van der Waals surface area contributed by atoms with E-state index in [9.17, 15) is 0 Å². The first-order valence-corrected chi connectivity index (χ1v) is 5.92. The molecule has 3 N–H and O–H groups in total. The fourth-order valence-electron chi connectivity index (χ4n) is 2.32. The highest BCUT2D eigenvalue weighted by atomic mass is 15.2. The van der Waals surface area contributed by atoms with Crippen molar-refractivity contribution in [2.45, 2.75) is 32.9 Å². The number of nitrogens with two attached hydrogens (primary N) is 1. The number of hydrogen-bond donors (Lipinski definition) is 2. The van der Waals surface area contributed by atoms with Crippen molar-refractivity contribution in [3.63, 3.8) is 0 Å². The molecular weight excluding hydrogens is 198 g/mol. The SMILES string of the molecule is CCN1CC(C)(C)Nc2ccc(CN)cc21. The van der Waals surface area contributed by atoms with E-state index in [-0.39, 0.29) is 5.54 Å². The Morgan fingerprint density at radius 2 is 2.19 bits per heavy atom. The van der Waals surface area contributed by atoms with Gasteiger partial charge < -0.3 is 16.0 Å². The number of rotatable bonds is 2. The molecular formula is C13H21N3. The van der Waals surface area contributed by atoms with Crippen LogP contribution >= 0.6 is 0 Å². The number of nitrogens with one attached hydrogen (secondary N) is 1. The van der Waals surface area contributed by atoms with Crippen molar-refractivity contribution < 1.29 is 0 Å². The highest BCUT2D eigenvalue weighted by molar-refractivity contribution is 5.74. The molecule has 0 saturated heterocycles. The van der Waals surface area contributed by atoms with Crippen LogP contribution in [0.5, 0.6) is 0 Å². The first-order valence-electron chi connectivity index (χ1n) is 5.92. The first kappa shape index (κ1) is 11.3. The van der Waals surface area contributed by atoms with Gasteiger partial charge in [-0.15, -0.1) is 0 Å². The molecule has 1 aromatic rings. The maximum absolute atomic E-state index is 5.68. The van der Waals surface area contributed by atoms with Crippen molar-refractivity contribution in [3.05, 3.63) is 23.8 Å². The van der Waals surface area contributed by atoms with Crippen LogP contribution in [-0.2, 0) is 6.54 Å². The Morgan fingerprint density at radius 3 is 2.81 bits per heavy atom.